The van der Waals surface area contributed by atoms with Crippen LogP contribution in [0, 0.1) is 17.8 Å². The van der Waals surface area contributed by atoms with Crippen molar-refractivity contribution in [2.24, 2.45) is 17.8 Å². The molecule has 1 aliphatic carbocycles. The van der Waals surface area contributed by atoms with E-state index in [1.54, 1.807) is 0 Å². The average Bonchev–Trinajstić information content (AvgIpc) is 2.40. The monoisotopic (exact) mass is 268 g/mol. The van der Waals surface area contributed by atoms with Crippen LogP contribution < -0.4 is 5.32 Å². The van der Waals surface area contributed by atoms with Gasteiger partial charge < -0.3 is 10.2 Å². The van der Waals surface area contributed by atoms with Crippen molar-refractivity contribution in [3.63, 3.8) is 0 Å². The molecule has 0 radical (unpaired) electrons. The fourth-order valence-corrected chi connectivity index (χ4v) is 3.47. The maximum Gasteiger partial charge on any atom is 0.0108 e. The van der Waals surface area contributed by atoms with E-state index in [1.807, 2.05) is 0 Å². The minimum atomic E-state index is 0.757. The summed E-state index contributed by atoms with van der Waals surface area (Å²) in [4.78, 5) is 2.68. The van der Waals surface area contributed by atoms with Gasteiger partial charge in [0.1, 0.15) is 0 Å². The Bertz CT molecular complexity index is 229. The standard InChI is InChI=1S/C17H36N2/c1-6-14(4)12-19(8-3)13-16-11-15(5)9-10-17(16)18-7-2/h14-18H,6-13H2,1-5H3. The van der Waals surface area contributed by atoms with Crippen LogP contribution in [0.1, 0.15) is 60.3 Å². The lowest BCUT2D eigenvalue weighted by Crippen LogP contribution is -2.46. The lowest BCUT2D eigenvalue weighted by atomic mass is 9.78. The molecular weight excluding hydrogens is 232 g/mol. The first-order valence-electron chi connectivity index (χ1n) is 8.56. The van der Waals surface area contributed by atoms with Crippen molar-refractivity contribution in [2.45, 2.75) is 66.3 Å². The van der Waals surface area contributed by atoms with Crippen molar-refractivity contribution in [3.05, 3.63) is 0 Å². The molecule has 0 aliphatic heterocycles. The van der Waals surface area contributed by atoms with Gasteiger partial charge in [0.2, 0.25) is 0 Å². The third kappa shape index (κ3) is 5.83. The zero-order valence-electron chi connectivity index (χ0n) is 13.9. The van der Waals surface area contributed by atoms with Gasteiger partial charge in [-0.15, -0.1) is 0 Å². The highest BCUT2D eigenvalue weighted by molar-refractivity contribution is 4.85. The molecular formula is C17H36N2. The molecule has 0 bridgehead atoms. The van der Waals surface area contributed by atoms with Crippen LogP contribution in [0.5, 0.6) is 0 Å². The quantitative estimate of drug-likeness (QED) is 0.721. The molecule has 0 aromatic rings. The fourth-order valence-electron chi connectivity index (χ4n) is 3.47. The number of hydrogen-bond acceptors (Lipinski definition) is 2. The second-order valence-electron chi connectivity index (χ2n) is 6.71. The summed E-state index contributed by atoms with van der Waals surface area (Å²) in [7, 11) is 0. The molecule has 19 heavy (non-hydrogen) atoms. The van der Waals surface area contributed by atoms with Gasteiger partial charge in [0.05, 0.1) is 0 Å². The van der Waals surface area contributed by atoms with E-state index in [1.165, 1.54) is 45.3 Å². The SMILES string of the molecule is CCNC1CCC(C)CC1CN(CC)CC(C)CC. The number of hydrogen-bond donors (Lipinski definition) is 1. The Balaban J connectivity index is 2.52. The Labute approximate surface area is 121 Å². The Morgan fingerprint density at radius 2 is 1.95 bits per heavy atom. The van der Waals surface area contributed by atoms with Gasteiger partial charge in [-0.3, -0.25) is 0 Å². The van der Waals surface area contributed by atoms with Crippen molar-refractivity contribution in [2.75, 3.05) is 26.2 Å². The number of rotatable bonds is 8. The van der Waals surface area contributed by atoms with Crippen molar-refractivity contribution < 1.29 is 0 Å². The van der Waals surface area contributed by atoms with Gasteiger partial charge in [0.15, 0.2) is 0 Å². The number of nitrogens with one attached hydrogen (secondary N) is 1. The van der Waals surface area contributed by atoms with Crippen molar-refractivity contribution >= 4 is 0 Å². The van der Waals surface area contributed by atoms with E-state index in [-0.39, 0.29) is 0 Å². The second-order valence-corrected chi connectivity index (χ2v) is 6.71. The topological polar surface area (TPSA) is 15.3 Å². The summed E-state index contributed by atoms with van der Waals surface area (Å²) in [6.07, 6.45) is 5.50. The Hall–Kier alpha value is -0.0800. The molecule has 0 aromatic heterocycles. The minimum absolute atomic E-state index is 0.757. The fraction of sp³-hybridized carbons (Fsp3) is 1.00. The predicted octanol–water partition coefficient (Wildman–Crippen LogP) is 3.77. The van der Waals surface area contributed by atoms with Crippen molar-refractivity contribution in [1.29, 1.82) is 0 Å². The third-order valence-corrected chi connectivity index (χ3v) is 4.92. The Morgan fingerprint density at radius 3 is 2.53 bits per heavy atom. The zero-order valence-corrected chi connectivity index (χ0v) is 13.9. The molecule has 1 rings (SSSR count). The summed E-state index contributed by atoms with van der Waals surface area (Å²) in [5.41, 5.74) is 0. The third-order valence-electron chi connectivity index (χ3n) is 4.92. The summed E-state index contributed by atoms with van der Waals surface area (Å²) in [5.74, 6) is 2.61. The maximum absolute atomic E-state index is 3.73. The smallest absolute Gasteiger partial charge is 0.0108 e. The molecule has 2 nitrogen and oxygen atoms in total. The van der Waals surface area contributed by atoms with Crippen molar-refractivity contribution in [1.82, 2.24) is 10.2 Å². The molecule has 4 unspecified atom stereocenters. The lowest BCUT2D eigenvalue weighted by molar-refractivity contribution is 0.138. The molecule has 1 N–H and O–H groups in total. The summed E-state index contributed by atoms with van der Waals surface area (Å²) in [5, 5.41) is 3.73. The van der Waals surface area contributed by atoms with E-state index >= 15 is 0 Å². The molecule has 4 atom stereocenters. The van der Waals surface area contributed by atoms with Crippen LogP contribution in [-0.4, -0.2) is 37.1 Å². The molecule has 114 valence electrons. The predicted molar refractivity (Wildman–Crippen MR) is 85.5 cm³/mol. The molecule has 0 amide bonds. The minimum Gasteiger partial charge on any atom is -0.314 e. The van der Waals surface area contributed by atoms with E-state index in [0.29, 0.717) is 0 Å². The van der Waals surface area contributed by atoms with Gasteiger partial charge in [-0.2, -0.15) is 0 Å². The first-order valence-corrected chi connectivity index (χ1v) is 8.56. The Morgan fingerprint density at radius 1 is 1.21 bits per heavy atom. The first-order chi connectivity index (χ1) is 9.10. The highest BCUT2D eigenvalue weighted by Crippen LogP contribution is 2.30. The molecule has 0 heterocycles. The first kappa shape index (κ1) is 17.0. The van der Waals surface area contributed by atoms with Crippen LogP contribution in [0.3, 0.4) is 0 Å². The second kappa shape index (κ2) is 8.97. The molecule has 0 spiro atoms. The molecule has 1 saturated carbocycles. The highest BCUT2D eigenvalue weighted by atomic mass is 15.1. The van der Waals surface area contributed by atoms with E-state index in [2.05, 4.69) is 44.8 Å². The molecule has 2 heteroatoms. The van der Waals surface area contributed by atoms with Gasteiger partial charge in [-0.1, -0.05) is 41.0 Å². The van der Waals surface area contributed by atoms with Gasteiger partial charge in [-0.05, 0) is 50.1 Å². The molecule has 1 aliphatic rings. The van der Waals surface area contributed by atoms with Crippen LogP contribution in [0.25, 0.3) is 0 Å². The maximum atomic E-state index is 3.73. The normalized spacial score (nSPS) is 29.7. The average molecular weight is 268 g/mol. The Kier molecular flexibility index (Phi) is 8.01. The largest absolute Gasteiger partial charge is 0.314 e. The highest BCUT2D eigenvalue weighted by Gasteiger charge is 2.29. The van der Waals surface area contributed by atoms with Gasteiger partial charge in [0.25, 0.3) is 0 Å². The van der Waals surface area contributed by atoms with E-state index < -0.39 is 0 Å². The summed E-state index contributed by atoms with van der Waals surface area (Å²) < 4.78 is 0. The van der Waals surface area contributed by atoms with Crippen LogP contribution in [-0.2, 0) is 0 Å². The van der Waals surface area contributed by atoms with Crippen LogP contribution in [0.15, 0.2) is 0 Å². The van der Waals surface area contributed by atoms with Gasteiger partial charge in [-0.25, -0.2) is 0 Å². The van der Waals surface area contributed by atoms with Gasteiger partial charge in [0, 0.05) is 19.1 Å². The van der Waals surface area contributed by atoms with Crippen LogP contribution in [0.2, 0.25) is 0 Å². The molecule has 0 saturated heterocycles. The summed E-state index contributed by atoms with van der Waals surface area (Å²) >= 11 is 0. The zero-order chi connectivity index (χ0) is 14.3. The molecule has 0 aromatic carbocycles. The van der Waals surface area contributed by atoms with E-state index in [9.17, 15) is 0 Å². The molecule has 1 fully saturated rings. The van der Waals surface area contributed by atoms with Crippen LogP contribution >= 0.6 is 0 Å². The number of nitrogens with zero attached hydrogens (tertiary/aromatic N) is 1. The van der Waals surface area contributed by atoms with E-state index in [4.69, 9.17) is 0 Å². The summed E-state index contributed by atoms with van der Waals surface area (Å²) in [6, 6.07) is 0.757. The van der Waals surface area contributed by atoms with Gasteiger partial charge >= 0.3 is 0 Å². The van der Waals surface area contributed by atoms with E-state index in [0.717, 1.165) is 30.3 Å². The summed E-state index contributed by atoms with van der Waals surface area (Å²) in [6.45, 7) is 16.6. The van der Waals surface area contributed by atoms with Crippen LogP contribution in [0.4, 0.5) is 0 Å². The lowest BCUT2D eigenvalue weighted by Gasteiger charge is -2.38. The van der Waals surface area contributed by atoms with Crippen molar-refractivity contribution in [3.8, 4) is 0 Å².